The first-order valence-corrected chi connectivity index (χ1v) is 8.93. The molecule has 9 heteroatoms. The molecule has 2 aromatic rings. The van der Waals surface area contributed by atoms with Gasteiger partial charge in [-0.25, -0.2) is 4.79 Å². The quantitative estimate of drug-likeness (QED) is 0.762. The first kappa shape index (κ1) is 16.7. The minimum atomic E-state index is -0.556. The molecule has 0 saturated carbocycles. The van der Waals surface area contributed by atoms with Crippen molar-refractivity contribution in [2.24, 2.45) is 5.73 Å². The Kier molecular flexibility index (Phi) is 4.39. The van der Waals surface area contributed by atoms with E-state index in [0.29, 0.717) is 60.6 Å². The summed E-state index contributed by atoms with van der Waals surface area (Å²) in [4.78, 5) is 25.1. The highest BCUT2D eigenvalue weighted by atomic mass is 32.1. The van der Waals surface area contributed by atoms with Crippen molar-refractivity contribution >= 4 is 34.0 Å². The van der Waals surface area contributed by atoms with Crippen LogP contribution in [0.2, 0.25) is 0 Å². The Morgan fingerprint density at radius 1 is 1.08 bits per heavy atom. The lowest BCUT2D eigenvalue weighted by Gasteiger charge is -2.19. The molecule has 2 aliphatic rings. The Morgan fingerprint density at radius 3 is 2.69 bits per heavy atom. The summed E-state index contributed by atoms with van der Waals surface area (Å²) in [5.74, 6) is 0.666. The molecule has 8 nitrogen and oxygen atoms in total. The van der Waals surface area contributed by atoms with Crippen LogP contribution in [0, 0.1) is 0 Å². The van der Waals surface area contributed by atoms with Crippen LogP contribution in [-0.2, 0) is 17.8 Å². The zero-order valence-corrected chi connectivity index (χ0v) is 14.6. The third-order valence-corrected chi connectivity index (χ3v) is 5.21. The highest BCUT2D eigenvalue weighted by molar-refractivity contribution is 7.17. The monoisotopic (exact) mass is 375 g/mol. The average molecular weight is 375 g/mol. The number of thiophene rings is 1. The van der Waals surface area contributed by atoms with Crippen LogP contribution in [0.5, 0.6) is 11.5 Å². The van der Waals surface area contributed by atoms with E-state index in [9.17, 15) is 9.59 Å². The van der Waals surface area contributed by atoms with Crippen LogP contribution in [-0.4, -0.2) is 31.8 Å². The van der Waals surface area contributed by atoms with Gasteiger partial charge in [0.05, 0.1) is 18.8 Å². The fraction of sp³-hybridized carbons (Fsp3) is 0.294. The van der Waals surface area contributed by atoms with Gasteiger partial charge in [-0.1, -0.05) is 0 Å². The number of ether oxygens (including phenoxy) is 3. The van der Waals surface area contributed by atoms with E-state index in [1.165, 1.54) is 11.3 Å². The van der Waals surface area contributed by atoms with Crippen LogP contribution >= 0.6 is 11.3 Å². The fourth-order valence-corrected chi connectivity index (χ4v) is 4.15. The van der Waals surface area contributed by atoms with Crippen molar-refractivity contribution in [1.29, 1.82) is 0 Å². The molecule has 26 heavy (non-hydrogen) atoms. The van der Waals surface area contributed by atoms with Crippen LogP contribution in [0.15, 0.2) is 18.2 Å². The summed E-state index contributed by atoms with van der Waals surface area (Å²) in [6.07, 6.45) is 0.607. The molecule has 1 aromatic heterocycles. The Hall–Kier alpha value is -2.78. The number of nitrogens with one attached hydrogen (secondary N) is 2. The molecular formula is C17H17N3O5S. The summed E-state index contributed by atoms with van der Waals surface area (Å²) in [5, 5.41) is 5.88. The van der Waals surface area contributed by atoms with Crippen LogP contribution in [0.1, 0.15) is 20.8 Å². The molecule has 0 saturated heterocycles. The van der Waals surface area contributed by atoms with Gasteiger partial charge in [0.1, 0.15) is 18.2 Å². The number of benzene rings is 1. The maximum atomic E-state index is 12.4. The van der Waals surface area contributed by atoms with Crippen molar-refractivity contribution in [1.82, 2.24) is 0 Å². The second kappa shape index (κ2) is 6.85. The van der Waals surface area contributed by atoms with Gasteiger partial charge in [0.2, 0.25) is 0 Å². The van der Waals surface area contributed by atoms with Crippen LogP contribution in [0.25, 0.3) is 0 Å². The van der Waals surface area contributed by atoms with Crippen LogP contribution < -0.4 is 25.8 Å². The number of rotatable bonds is 3. The predicted octanol–water partition coefficient (Wildman–Crippen LogP) is 2.33. The largest absolute Gasteiger partial charge is 0.486 e. The number of nitrogens with two attached hydrogens (primary N) is 1. The van der Waals surface area contributed by atoms with Gasteiger partial charge in [-0.15, -0.1) is 11.3 Å². The van der Waals surface area contributed by atoms with Crippen LogP contribution in [0.3, 0.4) is 0 Å². The number of hydrogen-bond acceptors (Lipinski definition) is 6. The molecule has 0 spiro atoms. The molecule has 3 heterocycles. The number of fused-ring (bicyclic) bond motifs is 2. The summed E-state index contributed by atoms with van der Waals surface area (Å²) < 4.78 is 16.4. The Bertz CT molecular complexity index is 880. The lowest BCUT2D eigenvalue weighted by atomic mass is 10.1. The molecule has 0 bridgehead atoms. The molecule has 0 radical (unpaired) electrons. The van der Waals surface area contributed by atoms with Crippen molar-refractivity contribution < 1.29 is 23.8 Å². The first-order chi connectivity index (χ1) is 12.6. The summed E-state index contributed by atoms with van der Waals surface area (Å²) in [6.45, 7) is 1.93. The highest BCUT2D eigenvalue weighted by Crippen LogP contribution is 2.36. The number of primary amides is 1. The molecule has 0 atom stereocenters. The third kappa shape index (κ3) is 3.18. The average Bonchev–Trinajstić information content (AvgIpc) is 2.99. The van der Waals surface area contributed by atoms with Crippen molar-refractivity contribution in [3.8, 4) is 11.5 Å². The minimum Gasteiger partial charge on any atom is -0.486 e. The lowest BCUT2D eigenvalue weighted by molar-refractivity contribution is 0.0991. The van der Waals surface area contributed by atoms with Gasteiger partial charge in [0.25, 0.3) is 5.91 Å². The molecule has 0 unspecified atom stereocenters. The Labute approximate surface area is 153 Å². The van der Waals surface area contributed by atoms with E-state index in [1.807, 2.05) is 0 Å². The summed E-state index contributed by atoms with van der Waals surface area (Å²) in [7, 11) is 0. The minimum absolute atomic E-state index is 0.366. The normalized spacial score (nSPS) is 15.1. The number of carbonyl (C=O) groups excluding carboxylic acids is 2. The molecule has 4 N–H and O–H groups in total. The molecule has 0 fully saturated rings. The Morgan fingerprint density at radius 2 is 1.88 bits per heavy atom. The van der Waals surface area contributed by atoms with Gasteiger partial charge in [-0.2, -0.15) is 0 Å². The molecule has 2 aliphatic heterocycles. The Balaban J connectivity index is 1.52. The van der Waals surface area contributed by atoms with Crippen LogP contribution in [0.4, 0.5) is 15.5 Å². The number of urea groups is 1. The maximum Gasteiger partial charge on any atom is 0.324 e. The number of anilines is 2. The SMILES string of the molecule is NC(=O)c1c(NC(=O)Nc2ccc3c(c2)OCCO3)sc2c1CCOC2. The smallest absolute Gasteiger partial charge is 0.324 e. The van der Waals surface area contributed by atoms with E-state index >= 15 is 0 Å². The van der Waals surface area contributed by atoms with Crippen molar-refractivity contribution in [3.63, 3.8) is 0 Å². The van der Waals surface area contributed by atoms with Crippen molar-refractivity contribution in [2.45, 2.75) is 13.0 Å². The number of hydrogen-bond donors (Lipinski definition) is 3. The van der Waals surface area contributed by atoms with Crippen molar-refractivity contribution in [2.75, 3.05) is 30.5 Å². The molecule has 3 amide bonds. The molecule has 1 aromatic carbocycles. The van der Waals surface area contributed by atoms with Crippen molar-refractivity contribution in [3.05, 3.63) is 34.2 Å². The second-order valence-electron chi connectivity index (χ2n) is 5.81. The third-order valence-electron chi connectivity index (χ3n) is 4.09. The van der Waals surface area contributed by atoms with E-state index < -0.39 is 11.9 Å². The van der Waals surface area contributed by atoms with Gasteiger partial charge in [0, 0.05) is 16.6 Å². The summed E-state index contributed by atoms with van der Waals surface area (Å²) >= 11 is 1.31. The van der Waals surface area contributed by atoms with Gasteiger partial charge in [-0.05, 0) is 24.1 Å². The first-order valence-electron chi connectivity index (χ1n) is 8.11. The number of carbonyl (C=O) groups is 2. The second-order valence-corrected chi connectivity index (χ2v) is 6.92. The lowest BCUT2D eigenvalue weighted by Crippen LogP contribution is -2.22. The molecule has 0 aliphatic carbocycles. The fourth-order valence-electron chi connectivity index (χ4n) is 2.97. The summed E-state index contributed by atoms with van der Waals surface area (Å²) in [6, 6.07) is 4.68. The maximum absolute atomic E-state index is 12.4. The van der Waals surface area contributed by atoms with Gasteiger partial charge in [-0.3, -0.25) is 10.1 Å². The zero-order chi connectivity index (χ0) is 18.1. The predicted molar refractivity (Wildman–Crippen MR) is 96.3 cm³/mol. The highest BCUT2D eigenvalue weighted by Gasteiger charge is 2.25. The van der Waals surface area contributed by atoms with E-state index in [-0.39, 0.29) is 0 Å². The molecule has 4 rings (SSSR count). The standard InChI is InChI=1S/C17H17N3O5S/c18-15(21)14-10-3-4-23-8-13(10)26-16(14)20-17(22)19-9-1-2-11-12(7-9)25-6-5-24-11/h1-2,7H,3-6,8H2,(H2,18,21)(H2,19,20,22). The van der Waals surface area contributed by atoms with E-state index in [0.717, 1.165) is 10.4 Å². The molecular weight excluding hydrogens is 358 g/mol. The van der Waals surface area contributed by atoms with E-state index in [4.69, 9.17) is 19.9 Å². The topological polar surface area (TPSA) is 112 Å². The van der Waals surface area contributed by atoms with Gasteiger partial charge in [0.15, 0.2) is 11.5 Å². The van der Waals surface area contributed by atoms with Gasteiger partial charge >= 0.3 is 6.03 Å². The zero-order valence-electron chi connectivity index (χ0n) is 13.8. The van der Waals surface area contributed by atoms with Gasteiger partial charge < -0.3 is 25.3 Å². The van der Waals surface area contributed by atoms with E-state index in [1.54, 1.807) is 18.2 Å². The molecule has 136 valence electrons. The number of amides is 3. The van der Waals surface area contributed by atoms with E-state index in [2.05, 4.69) is 10.6 Å². The summed E-state index contributed by atoms with van der Waals surface area (Å²) in [5.41, 5.74) is 7.30.